The van der Waals surface area contributed by atoms with Crippen LogP contribution in [0, 0.1) is 0 Å². The van der Waals surface area contributed by atoms with E-state index in [1.807, 2.05) is 60.7 Å². The number of benzene rings is 3. The van der Waals surface area contributed by atoms with Crippen molar-refractivity contribution >= 4 is 21.1 Å². The monoisotopic (exact) mass is 394 g/mol. The van der Waals surface area contributed by atoms with E-state index in [1.165, 1.54) is 29.8 Å². The predicted octanol–water partition coefficient (Wildman–Crippen LogP) is 3.20. The molecule has 7 heteroatoms. The van der Waals surface area contributed by atoms with Crippen molar-refractivity contribution < 1.29 is 12.8 Å². The lowest BCUT2D eigenvalue weighted by Gasteiger charge is -2.20. The highest BCUT2D eigenvalue weighted by molar-refractivity contribution is 7.89. The third-order valence-electron chi connectivity index (χ3n) is 4.61. The SMILES string of the molecule is Cn1c(=O)oc2ccc(S(=O)(=O)NC(c3ccccc3)c3ccccc3)cc21. The molecule has 28 heavy (non-hydrogen) atoms. The van der Waals surface area contributed by atoms with Crippen LogP contribution in [0.5, 0.6) is 0 Å². The van der Waals surface area contributed by atoms with E-state index < -0.39 is 21.8 Å². The van der Waals surface area contributed by atoms with Gasteiger partial charge in [-0.1, -0.05) is 60.7 Å². The molecule has 0 aliphatic carbocycles. The number of rotatable bonds is 5. The zero-order valence-corrected chi connectivity index (χ0v) is 15.9. The van der Waals surface area contributed by atoms with Gasteiger partial charge in [-0.25, -0.2) is 13.2 Å². The van der Waals surface area contributed by atoms with Crippen molar-refractivity contribution in [2.45, 2.75) is 10.9 Å². The molecule has 0 aliphatic rings. The van der Waals surface area contributed by atoms with Crippen LogP contribution in [-0.4, -0.2) is 13.0 Å². The van der Waals surface area contributed by atoms with Gasteiger partial charge in [0.25, 0.3) is 0 Å². The molecule has 1 heterocycles. The molecule has 0 amide bonds. The average molecular weight is 394 g/mol. The number of hydrogen-bond acceptors (Lipinski definition) is 4. The van der Waals surface area contributed by atoms with Crippen LogP contribution in [0.15, 0.2) is 93.0 Å². The molecule has 0 fully saturated rings. The van der Waals surface area contributed by atoms with Gasteiger partial charge in [0, 0.05) is 7.05 Å². The summed E-state index contributed by atoms with van der Waals surface area (Å²) in [5.41, 5.74) is 2.42. The number of sulfonamides is 1. The molecule has 4 aromatic rings. The molecule has 0 spiro atoms. The fourth-order valence-electron chi connectivity index (χ4n) is 3.12. The molecule has 0 radical (unpaired) electrons. The fourth-order valence-corrected chi connectivity index (χ4v) is 4.35. The van der Waals surface area contributed by atoms with Crippen molar-refractivity contribution in [2.75, 3.05) is 0 Å². The molecule has 3 aromatic carbocycles. The maximum atomic E-state index is 13.1. The van der Waals surface area contributed by atoms with Crippen LogP contribution in [-0.2, 0) is 17.1 Å². The maximum absolute atomic E-state index is 13.1. The lowest BCUT2D eigenvalue weighted by molar-refractivity contribution is 0.528. The largest absolute Gasteiger partial charge is 0.419 e. The van der Waals surface area contributed by atoms with E-state index in [-0.39, 0.29) is 4.90 Å². The van der Waals surface area contributed by atoms with Gasteiger partial charge in [-0.3, -0.25) is 4.57 Å². The van der Waals surface area contributed by atoms with Gasteiger partial charge < -0.3 is 4.42 Å². The molecule has 0 atom stereocenters. The minimum Gasteiger partial charge on any atom is -0.408 e. The Balaban J connectivity index is 1.77. The Kier molecular flexibility index (Phi) is 4.62. The summed E-state index contributed by atoms with van der Waals surface area (Å²) in [6.45, 7) is 0. The highest BCUT2D eigenvalue weighted by Crippen LogP contribution is 2.25. The normalized spacial score (nSPS) is 11.9. The number of hydrogen-bond donors (Lipinski definition) is 1. The number of fused-ring (bicyclic) bond motifs is 1. The van der Waals surface area contributed by atoms with Gasteiger partial charge in [-0.05, 0) is 29.3 Å². The zero-order valence-electron chi connectivity index (χ0n) is 15.1. The fraction of sp³-hybridized carbons (Fsp3) is 0.0952. The summed E-state index contributed by atoms with van der Waals surface area (Å²) >= 11 is 0. The lowest BCUT2D eigenvalue weighted by atomic mass is 10.00. The van der Waals surface area contributed by atoms with Gasteiger partial charge in [0.15, 0.2) is 5.58 Å². The Morgan fingerprint density at radius 2 is 1.46 bits per heavy atom. The minimum atomic E-state index is -3.86. The summed E-state index contributed by atoms with van der Waals surface area (Å²) in [6.07, 6.45) is 0. The summed E-state index contributed by atoms with van der Waals surface area (Å²) < 4.78 is 35.4. The Labute approximate surface area is 162 Å². The van der Waals surface area contributed by atoms with Gasteiger partial charge in [-0.15, -0.1) is 0 Å². The first-order chi connectivity index (χ1) is 13.5. The van der Waals surface area contributed by atoms with E-state index in [9.17, 15) is 13.2 Å². The Morgan fingerprint density at radius 1 is 0.893 bits per heavy atom. The highest BCUT2D eigenvalue weighted by atomic mass is 32.2. The second-order valence-corrected chi connectivity index (χ2v) is 8.15. The van der Waals surface area contributed by atoms with Crippen LogP contribution in [0.1, 0.15) is 17.2 Å². The lowest BCUT2D eigenvalue weighted by Crippen LogP contribution is -2.29. The van der Waals surface area contributed by atoms with Gasteiger partial charge in [-0.2, -0.15) is 4.72 Å². The molecule has 0 bridgehead atoms. The van der Waals surface area contributed by atoms with E-state index in [0.717, 1.165) is 11.1 Å². The van der Waals surface area contributed by atoms with Crippen molar-refractivity contribution in [1.29, 1.82) is 0 Å². The maximum Gasteiger partial charge on any atom is 0.419 e. The van der Waals surface area contributed by atoms with Crippen LogP contribution in [0.2, 0.25) is 0 Å². The van der Waals surface area contributed by atoms with Gasteiger partial charge in [0.05, 0.1) is 16.5 Å². The van der Waals surface area contributed by atoms with Crippen molar-refractivity contribution in [3.8, 4) is 0 Å². The number of nitrogens with zero attached hydrogens (tertiary/aromatic N) is 1. The van der Waals surface area contributed by atoms with Gasteiger partial charge >= 0.3 is 5.76 Å². The summed E-state index contributed by atoms with van der Waals surface area (Å²) in [7, 11) is -2.33. The minimum absolute atomic E-state index is 0.0632. The van der Waals surface area contributed by atoms with Crippen LogP contribution >= 0.6 is 0 Å². The zero-order chi connectivity index (χ0) is 19.7. The first-order valence-corrected chi connectivity index (χ1v) is 10.2. The standard InChI is InChI=1S/C21H18N2O4S/c1-23-18-14-17(12-13-19(18)27-21(23)24)28(25,26)22-20(15-8-4-2-5-9-15)16-10-6-3-7-11-16/h2-14,20,22H,1H3. The number of aromatic nitrogens is 1. The molecular formula is C21H18N2O4S. The van der Waals surface area contributed by atoms with E-state index in [1.54, 1.807) is 0 Å². The molecule has 142 valence electrons. The second-order valence-electron chi connectivity index (χ2n) is 6.43. The van der Waals surface area contributed by atoms with E-state index in [2.05, 4.69) is 4.72 Å². The molecule has 4 rings (SSSR count). The summed E-state index contributed by atoms with van der Waals surface area (Å²) in [5.74, 6) is -0.538. The summed E-state index contributed by atoms with van der Waals surface area (Å²) in [5, 5.41) is 0. The quantitative estimate of drug-likeness (QED) is 0.564. The number of aryl methyl sites for hydroxylation is 1. The smallest absolute Gasteiger partial charge is 0.408 e. The van der Waals surface area contributed by atoms with Crippen molar-refractivity contribution in [2.24, 2.45) is 7.05 Å². The molecular weight excluding hydrogens is 376 g/mol. The second kappa shape index (κ2) is 7.10. The van der Waals surface area contributed by atoms with E-state index >= 15 is 0 Å². The Hall–Kier alpha value is -3.16. The van der Waals surface area contributed by atoms with Crippen molar-refractivity contribution in [1.82, 2.24) is 9.29 Å². The molecule has 0 saturated carbocycles. The number of oxazole rings is 1. The Bertz CT molecular complexity index is 1240. The first-order valence-electron chi connectivity index (χ1n) is 8.67. The molecule has 0 saturated heterocycles. The topological polar surface area (TPSA) is 81.3 Å². The molecule has 1 N–H and O–H groups in total. The van der Waals surface area contributed by atoms with Crippen LogP contribution < -0.4 is 10.5 Å². The van der Waals surface area contributed by atoms with Crippen LogP contribution in [0.25, 0.3) is 11.1 Å². The predicted molar refractivity (Wildman–Crippen MR) is 107 cm³/mol. The number of nitrogens with one attached hydrogen (secondary N) is 1. The third-order valence-corrected chi connectivity index (χ3v) is 6.03. The van der Waals surface area contributed by atoms with Gasteiger partial charge in [0.1, 0.15) is 0 Å². The Morgan fingerprint density at radius 3 is 2.04 bits per heavy atom. The van der Waals surface area contributed by atoms with E-state index in [4.69, 9.17) is 4.42 Å². The van der Waals surface area contributed by atoms with Crippen molar-refractivity contribution in [3.63, 3.8) is 0 Å². The molecule has 0 aliphatic heterocycles. The first kappa shape index (κ1) is 18.2. The molecule has 6 nitrogen and oxygen atoms in total. The molecule has 0 unspecified atom stereocenters. The summed E-state index contributed by atoms with van der Waals surface area (Å²) in [4.78, 5) is 11.7. The van der Waals surface area contributed by atoms with Crippen molar-refractivity contribution in [3.05, 3.63) is 101 Å². The highest BCUT2D eigenvalue weighted by Gasteiger charge is 2.23. The average Bonchev–Trinajstić information content (AvgIpc) is 3.01. The third kappa shape index (κ3) is 3.37. The van der Waals surface area contributed by atoms with Crippen LogP contribution in [0.4, 0.5) is 0 Å². The summed E-state index contributed by atoms with van der Waals surface area (Å²) in [6, 6.07) is 22.6. The molecule has 1 aromatic heterocycles. The van der Waals surface area contributed by atoms with Crippen LogP contribution in [0.3, 0.4) is 0 Å². The van der Waals surface area contributed by atoms with E-state index in [0.29, 0.717) is 11.1 Å². The van der Waals surface area contributed by atoms with Gasteiger partial charge in [0.2, 0.25) is 10.0 Å².